The third-order valence-corrected chi connectivity index (χ3v) is 5.36. The summed E-state index contributed by atoms with van der Waals surface area (Å²) in [5, 5.41) is 0. The van der Waals surface area contributed by atoms with Crippen LogP contribution < -0.4 is 4.72 Å². The summed E-state index contributed by atoms with van der Waals surface area (Å²) < 4.78 is 28.2. The zero-order valence-electron chi connectivity index (χ0n) is 8.71. The van der Waals surface area contributed by atoms with Crippen LogP contribution in [0.1, 0.15) is 32.1 Å². The Labute approximate surface area is 96.2 Å². The molecule has 4 nitrogen and oxygen atoms in total. The summed E-state index contributed by atoms with van der Waals surface area (Å²) in [5.41, 5.74) is -0.335. The van der Waals surface area contributed by atoms with Crippen LogP contribution in [0.2, 0.25) is 0 Å². The van der Waals surface area contributed by atoms with E-state index in [1.807, 2.05) is 0 Å². The van der Waals surface area contributed by atoms with Crippen molar-refractivity contribution in [3.8, 4) is 0 Å². The van der Waals surface area contributed by atoms with Crippen molar-refractivity contribution in [2.45, 2.75) is 37.6 Å². The molecule has 1 saturated heterocycles. The van der Waals surface area contributed by atoms with Gasteiger partial charge in [0.2, 0.25) is 0 Å². The third-order valence-electron chi connectivity index (χ3n) is 3.11. The van der Waals surface area contributed by atoms with E-state index in [1.54, 1.807) is 4.31 Å². The molecule has 0 unspecified atom stereocenters. The first kappa shape index (κ1) is 11.6. The zero-order valence-corrected chi connectivity index (χ0v) is 10.3. The molecule has 0 aromatic carbocycles. The van der Waals surface area contributed by atoms with Gasteiger partial charge < -0.3 is 0 Å². The summed E-state index contributed by atoms with van der Waals surface area (Å²) in [6, 6.07) is 0. The van der Waals surface area contributed by atoms with Gasteiger partial charge in [0, 0.05) is 24.5 Å². The molecule has 1 aliphatic heterocycles. The predicted molar refractivity (Wildman–Crippen MR) is 60.2 cm³/mol. The number of hydrogen-bond acceptors (Lipinski definition) is 2. The van der Waals surface area contributed by atoms with Gasteiger partial charge in [-0.3, -0.25) is 0 Å². The van der Waals surface area contributed by atoms with E-state index in [-0.39, 0.29) is 5.54 Å². The Morgan fingerprint density at radius 1 is 1.20 bits per heavy atom. The number of nitrogens with one attached hydrogen (secondary N) is 1. The highest BCUT2D eigenvalue weighted by Gasteiger charge is 2.46. The number of hydrogen-bond donors (Lipinski definition) is 1. The molecular formula is C9H17ClN2O2S. The average molecular weight is 253 g/mol. The van der Waals surface area contributed by atoms with Crippen molar-refractivity contribution in [3.63, 3.8) is 0 Å². The van der Waals surface area contributed by atoms with Crippen LogP contribution in [-0.2, 0) is 10.2 Å². The van der Waals surface area contributed by atoms with Crippen molar-refractivity contribution >= 4 is 21.8 Å². The zero-order chi connectivity index (χ0) is 10.9. The summed E-state index contributed by atoms with van der Waals surface area (Å²) in [4.78, 5) is 0. The first-order valence-corrected chi connectivity index (χ1v) is 7.40. The average Bonchev–Trinajstić information content (AvgIpc) is 2.99. The van der Waals surface area contributed by atoms with Crippen LogP contribution in [0.3, 0.4) is 0 Å². The van der Waals surface area contributed by atoms with Crippen LogP contribution >= 0.6 is 11.6 Å². The van der Waals surface area contributed by atoms with E-state index in [2.05, 4.69) is 4.72 Å². The van der Waals surface area contributed by atoms with E-state index in [0.717, 1.165) is 32.1 Å². The van der Waals surface area contributed by atoms with Crippen LogP contribution in [-0.4, -0.2) is 37.2 Å². The number of rotatable bonds is 4. The largest absolute Gasteiger partial charge is 0.279 e. The van der Waals surface area contributed by atoms with Crippen molar-refractivity contribution in [1.82, 2.24) is 9.03 Å². The van der Waals surface area contributed by atoms with E-state index in [4.69, 9.17) is 11.6 Å². The Morgan fingerprint density at radius 2 is 1.80 bits per heavy atom. The Kier molecular flexibility index (Phi) is 3.26. The maximum Gasteiger partial charge on any atom is 0.279 e. The summed E-state index contributed by atoms with van der Waals surface area (Å²) in [6.45, 7) is 1.29. The minimum atomic E-state index is -3.29. The van der Waals surface area contributed by atoms with Gasteiger partial charge in [0.15, 0.2) is 0 Å². The van der Waals surface area contributed by atoms with Gasteiger partial charge in [-0.2, -0.15) is 17.4 Å². The number of piperidine rings is 1. The van der Waals surface area contributed by atoms with Crippen LogP contribution in [0, 0.1) is 0 Å². The second kappa shape index (κ2) is 4.20. The van der Waals surface area contributed by atoms with Crippen LogP contribution in [0.4, 0.5) is 0 Å². The highest BCUT2D eigenvalue weighted by atomic mass is 35.5. The van der Waals surface area contributed by atoms with Gasteiger partial charge in [0.05, 0.1) is 0 Å². The summed E-state index contributed by atoms with van der Waals surface area (Å²) in [6.07, 6.45) is 4.80. The maximum absolute atomic E-state index is 12.0. The molecule has 0 amide bonds. The molecule has 88 valence electrons. The van der Waals surface area contributed by atoms with E-state index in [9.17, 15) is 8.42 Å². The summed E-state index contributed by atoms with van der Waals surface area (Å²) >= 11 is 5.76. The van der Waals surface area contributed by atoms with Gasteiger partial charge >= 0.3 is 0 Å². The number of halogens is 1. The fourth-order valence-corrected chi connectivity index (χ4v) is 3.96. The molecule has 2 aliphatic rings. The molecule has 1 aliphatic carbocycles. The van der Waals surface area contributed by atoms with Crippen LogP contribution in [0.5, 0.6) is 0 Å². The highest BCUT2D eigenvalue weighted by Crippen LogP contribution is 2.37. The minimum absolute atomic E-state index is 0.335. The fourth-order valence-electron chi connectivity index (χ4n) is 1.86. The van der Waals surface area contributed by atoms with Gasteiger partial charge in [-0.25, -0.2) is 0 Å². The maximum atomic E-state index is 12.0. The lowest BCUT2D eigenvalue weighted by atomic mass is 10.2. The fraction of sp³-hybridized carbons (Fsp3) is 1.00. The second-order valence-corrected chi connectivity index (χ2v) is 6.42. The molecule has 2 fully saturated rings. The number of nitrogens with zero attached hydrogens (tertiary/aromatic N) is 1. The molecule has 0 atom stereocenters. The normalized spacial score (nSPS) is 26.5. The molecule has 6 heteroatoms. The van der Waals surface area contributed by atoms with Crippen molar-refractivity contribution in [3.05, 3.63) is 0 Å². The smallest absolute Gasteiger partial charge is 0.195 e. The van der Waals surface area contributed by atoms with E-state index < -0.39 is 10.2 Å². The molecule has 0 bridgehead atoms. The van der Waals surface area contributed by atoms with Crippen molar-refractivity contribution in [1.29, 1.82) is 0 Å². The molecule has 1 N–H and O–H groups in total. The van der Waals surface area contributed by atoms with Crippen LogP contribution in [0.25, 0.3) is 0 Å². The standard InChI is InChI=1S/C9H17ClN2O2S/c10-8-9(4-5-9)11-15(13,14)12-6-2-1-3-7-12/h11H,1-8H2. The molecular weight excluding hydrogens is 236 g/mol. The first-order valence-electron chi connectivity index (χ1n) is 5.43. The highest BCUT2D eigenvalue weighted by molar-refractivity contribution is 7.87. The Hall–Kier alpha value is 0.160. The van der Waals surface area contributed by atoms with Gasteiger partial charge in [-0.15, -0.1) is 11.6 Å². The lowest BCUT2D eigenvalue weighted by molar-refractivity contribution is 0.338. The molecule has 0 radical (unpaired) electrons. The van der Waals surface area contributed by atoms with Crippen molar-refractivity contribution < 1.29 is 8.42 Å². The minimum Gasteiger partial charge on any atom is -0.195 e. The molecule has 0 aromatic heterocycles. The van der Waals surface area contributed by atoms with Crippen LogP contribution in [0.15, 0.2) is 0 Å². The lowest BCUT2D eigenvalue weighted by Crippen LogP contribution is -2.49. The molecule has 1 saturated carbocycles. The van der Waals surface area contributed by atoms with Gasteiger partial charge in [0.25, 0.3) is 10.2 Å². The van der Waals surface area contributed by atoms with E-state index in [1.165, 1.54) is 0 Å². The third kappa shape index (κ3) is 2.64. The monoisotopic (exact) mass is 252 g/mol. The van der Waals surface area contributed by atoms with Gasteiger partial charge in [0.1, 0.15) is 0 Å². The molecule has 2 rings (SSSR count). The molecule has 0 aromatic rings. The quantitative estimate of drug-likeness (QED) is 0.762. The van der Waals surface area contributed by atoms with Crippen molar-refractivity contribution in [2.75, 3.05) is 19.0 Å². The second-order valence-electron chi connectivity index (χ2n) is 4.48. The molecule has 1 heterocycles. The topological polar surface area (TPSA) is 49.4 Å². The molecule has 0 spiro atoms. The van der Waals surface area contributed by atoms with Crippen molar-refractivity contribution in [2.24, 2.45) is 0 Å². The molecule has 15 heavy (non-hydrogen) atoms. The Morgan fingerprint density at radius 3 is 2.27 bits per heavy atom. The van der Waals surface area contributed by atoms with Gasteiger partial charge in [-0.1, -0.05) is 6.42 Å². The summed E-state index contributed by atoms with van der Waals surface area (Å²) in [7, 11) is -3.29. The number of alkyl halides is 1. The lowest BCUT2D eigenvalue weighted by Gasteiger charge is -2.28. The SMILES string of the molecule is O=S(=O)(NC1(CCl)CC1)N1CCCCC1. The Bertz CT molecular complexity index is 321. The first-order chi connectivity index (χ1) is 7.08. The van der Waals surface area contributed by atoms with Gasteiger partial charge in [-0.05, 0) is 25.7 Å². The van der Waals surface area contributed by atoms with E-state index >= 15 is 0 Å². The van der Waals surface area contributed by atoms with E-state index in [0.29, 0.717) is 19.0 Å². The summed E-state index contributed by atoms with van der Waals surface area (Å²) in [5.74, 6) is 0.375. The predicted octanol–water partition coefficient (Wildman–Crippen LogP) is 1.08. The Balaban J connectivity index is 1.99.